The van der Waals surface area contributed by atoms with Gasteiger partial charge in [0.25, 0.3) is 0 Å². The second-order valence-corrected chi connectivity index (χ2v) is 2.54. The highest BCUT2D eigenvalue weighted by Crippen LogP contribution is 2.00. The van der Waals surface area contributed by atoms with Gasteiger partial charge >= 0.3 is 5.97 Å². The third-order valence-corrected chi connectivity index (χ3v) is 1.63. The number of hydrogen-bond acceptors (Lipinski definition) is 4. The molecule has 0 aliphatic carbocycles. The number of nitrogens with zero attached hydrogens (tertiary/aromatic N) is 2. The molecule has 0 aromatic carbocycles. The number of hydrogen-bond donors (Lipinski definition) is 0. The Labute approximate surface area is 80.9 Å². The smallest absolute Gasteiger partial charge is 0.376 e. The molecule has 0 aliphatic heterocycles. The number of carbonyl (C=O) groups excluding carboxylic acids is 1. The summed E-state index contributed by atoms with van der Waals surface area (Å²) in [4.78, 5) is 18.7. The molecule has 0 radical (unpaired) electrons. The molecule has 5 heteroatoms. The molecular formula is C8H9ClN2O2. The van der Waals surface area contributed by atoms with E-state index in [2.05, 4.69) is 9.97 Å². The summed E-state index contributed by atoms with van der Waals surface area (Å²) in [6, 6.07) is 0. The summed E-state index contributed by atoms with van der Waals surface area (Å²) >= 11 is 5.52. The molecule has 0 spiro atoms. The van der Waals surface area contributed by atoms with Crippen molar-refractivity contribution >= 4 is 17.6 Å². The van der Waals surface area contributed by atoms with Crippen LogP contribution >= 0.6 is 11.6 Å². The Kier molecular flexibility index (Phi) is 3.64. The third-order valence-electron chi connectivity index (χ3n) is 1.32. The van der Waals surface area contributed by atoms with Gasteiger partial charge in [-0.1, -0.05) is 0 Å². The number of halogens is 1. The van der Waals surface area contributed by atoms with E-state index < -0.39 is 5.97 Å². The quantitative estimate of drug-likeness (QED) is 0.547. The van der Waals surface area contributed by atoms with Crippen molar-refractivity contribution in [3.05, 3.63) is 23.8 Å². The summed E-state index contributed by atoms with van der Waals surface area (Å²) in [6.07, 6.45) is 3.01. The summed E-state index contributed by atoms with van der Waals surface area (Å²) in [6.45, 7) is 2.05. The second kappa shape index (κ2) is 4.77. The number of esters is 1. The molecule has 13 heavy (non-hydrogen) atoms. The number of rotatable bonds is 3. The van der Waals surface area contributed by atoms with E-state index in [0.717, 1.165) is 5.56 Å². The van der Waals surface area contributed by atoms with Gasteiger partial charge in [0.1, 0.15) is 0 Å². The van der Waals surface area contributed by atoms with Gasteiger partial charge in [-0.05, 0) is 6.92 Å². The Morgan fingerprint density at radius 1 is 1.54 bits per heavy atom. The molecule has 0 bridgehead atoms. The monoisotopic (exact) mass is 200 g/mol. The Balaban J connectivity index is 2.74. The molecule has 1 aromatic rings. The summed E-state index contributed by atoms with van der Waals surface area (Å²) in [7, 11) is 0. The zero-order valence-corrected chi connectivity index (χ0v) is 7.91. The van der Waals surface area contributed by atoms with Gasteiger partial charge in [-0.25, -0.2) is 14.8 Å². The van der Waals surface area contributed by atoms with Crippen LogP contribution in [0.1, 0.15) is 23.1 Å². The minimum absolute atomic E-state index is 0.0655. The summed E-state index contributed by atoms with van der Waals surface area (Å²) in [5, 5.41) is 0. The van der Waals surface area contributed by atoms with Crippen molar-refractivity contribution in [2.45, 2.75) is 12.8 Å². The van der Waals surface area contributed by atoms with Crippen molar-refractivity contribution in [1.29, 1.82) is 0 Å². The Morgan fingerprint density at radius 2 is 2.15 bits per heavy atom. The zero-order valence-electron chi connectivity index (χ0n) is 7.16. The average molecular weight is 201 g/mol. The molecule has 0 saturated carbocycles. The highest BCUT2D eigenvalue weighted by molar-refractivity contribution is 6.17. The SMILES string of the molecule is CCOC(=O)c1ncc(CCl)cn1. The highest BCUT2D eigenvalue weighted by Gasteiger charge is 2.08. The normalized spacial score (nSPS) is 9.69. The molecule has 0 N–H and O–H groups in total. The van der Waals surface area contributed by atoms with Gasteiger partial charge in [-0.3, -0.25) is 0 Å². The third kappa shape index (κ3) is 2.66. The van der Waals surface area contributed by atoms with E-state index in [1.54, 1.807) is 6.92 Å². The number of alkyl halides is 1. The molecule has 1 heterocycles. The van der Waals surface area contributed by atoms with Crippen LogP contribution in [-0.4, -0.2) is 22.5 Å². The Bertz CT molecular complexity index is 287. The molecule has 0 atom stereocenters. The number of aromatic nitrogens is 2. The molecule has 1 aromatic heterocycles. The van der Waals surface area contributed by atoms with Crippen molar-refractivity contribution in [2.24, 2.45) is 0 Å². The van der Waals surface area contributed by atoms with Gasteiger partial charge in [0.15, 0.2) is 0 Å². The van der Waals surface area contributed by atoms with E-state index in [-0.39, 0.29) is 5.82 Å². The first-order valence-corrected chi connectivity index (χ1v) is 4.35. The van der Waals surface area contributed by atoms with Crippen molar-refractivity contribution < 1.29 is 9.53 Å². The zero-order chi connectivity index (χ0) is 9.68. The van der Waals surface area contributed by atoms with Crippen LogP contribution in [0.3, 0.4) is 0 Å². The molecule has 0 amide bonds. The maximum Gasteiger partial charge on any atom is 0.376 e. The Morgan fingerprint density at radius 3 is 2.62 bits per heavy atom. The van der Waals surface area contributed by atoms with Gasteiger partial charge in [-0.2, -0.15) is 0 Å². The molecule has 0 unspecified atom stereocenters. The predicted octanol–water partition coefficient (Wildman–Crippen LogP) is 1.39. The standard InChI is InChI=1S/C8H9ClN2O2/c1-2-13-8(12)7-10-4-6(3-9)5-11-7/h4-5H,2-3H2,1H3. The van der Waals surface area contributed by atoms with E-state index in [1.165, 1.54) is 12.4 Å². The fourth-order valence-corrected chi connectivity index (χ4v) is 0.863. The first-order valence-electron chi connectivity index (χ1n) is 3.82. The topological polar surface area (TPSA) is 52.1 Å². The van der Waals surface area contributed by atoms with Crippen LogP contribution in [0.4, 0.5) is 0 Å². The van der Waals surface area contributed by atoms with Crippen LogP contribution in [-0.2, 0) is 10.6 Å². The highest BCUT2D eigenvalue weighted by atomic mass is 35.5. The number of ether oxygens (including phenoxy) is 1. The largest absolute Gasteiger partial charge is 0.460 e. The van der Waals surface area contributed by atoms with Gasteiger partial charge in [0.2, 0.25) is 5.82 Å². The minimum Gasteiger partial charge on any atom is -0.460 e. The van der Waals surface area contributed by atoms with E-state index in [4.69, 9.17) is 16.3 Å². The lowest BCUT2D eigenvalue weighted by Crippen LogP contribution is -2.09. The van der Waals surface area contributed by atoms with Gasteiger partial charge in [0, 0.05) is 18.0 Å². The van der Waals surface area contributed by atoms with Crippen molar-refractivity contribution in [3.63, 3.8) is 0 Å². The Hall–Kier alpha value is -1.16. The summed E-state index contributed by atoms with van der Waals surface area (Å²) in [5.41, 5.74) is 0.773. The van der Waals surface area contributed by atoms with Crippen LogP contribution in [0.25, 0.3) is 0 Å². The lowest BCUT2D eigenvalue weighted by molar-refractivity contribution is 0.0512. The fraction of sp³-hybridized carbons (Fsp3) is 0.375. The minimum atomic E-state index is -0.511. The van der Waals surface area contributed by atoms with E-state index >= 15 is 0 Å². The maximum atomic E-state index is 11.1. The van der Waals surface area contributed by atoms with E-state index in [0.29, 0.717) is 12.5 Å². The lowest BCUT2D eigenvalue weighted by atomic mass is 10.4. The fourth-order valence-electron chi connectivity index (χ4n) is 0.725. The first-order chi connectivity index (χ1) is 6.27. The molecular weight excluding hydrogens is 192 g/mol. The van der Waals surface area contributed by atoms with Gasteiger partial charge in [-0.15, -0.1) is 11.6 Å². The summed E-state index contributed by atoms with van der Waals surface area (Å²) < 4.78 is 4.70. The maximum absolute atomic E-state index is 11.1. The molecule has 0 aliphatic rings. The molecule has 4 nitrogen and oxygen atoms in total. The average Bonchev–Trinajstić information content (AvgIpc) is 2.18. The molecule has 0 fully saturated rings. The molecule has 70 valence electrons. The molecule has 0 saturated heterocycles. The number of carbonyl (C=O) groups is 1. The van der Waals surface area contributed by atoms with Crippen molar-refractivity contribution in [3.8, 4) is 0 Å². The van der Waals surface area contributed by atoms with E-state index in [9.17, 15) is 4.79 Å². The van der Waals surface area contributed by atoms with Crippen molar-refractivity contribution in [2.75, 3.05) is 6.61 Å². The van der Waals surface area contributed by atoms with Crippen LogP contribution in [0.5, 0.6) is 0 Å². The van der Waals surface area contributed by atoms with Gasteiger partial charge in [0.05, 0.1) is 12.5 Å². The van der Waals surface area contributed by atoms with Crippen LogP contribution in [0, 0.1) is 0 Å². The van der Waals surface area contributed by atoms with Crippen molar-refractivity contribution in [1.82, 2.24) is 9.97 Å². The predicted molar refractivity (Wildman–Crippen MR) is 47.5 cm³/mol. The summed E-state index contributed by atoms with van der Waals surface area (Å²) in [5.74, 6) is -0.109. The molecule has 1 rings (SSSR count). The lowest BCUT2D eigenvalue weighted by Gasteiger charge is -1.99. The van der Waals surface area contributed by atoms with Crippen LogP contribution in [0.2, 0.25) is 0 Å². The second-order valence-electron chi connectivity index (χ2n) is 2.27. The van der Waals surface area contributed by atoms with Crippen LogP contribution < -0.4 is 0 Å². The van der Waals surface area contributed by atoms with E-state index in [1.807, 2.05) is 0 Å². The van der Waals surface area contributed by atoms with Crippen LogP contribution in [0.15, 0.2) is 12.4 Å². The van der Waals surface area contributed by atoms with Gasteiger partial charge < -0.3 is 4.74 Å². The first kappa shape index (κ1) is 9.92.